The Hall–Kier alpha value is 0.0969. The van der Waals surface area contributed by atoms with E-state index in [9.17, 15) is 0 Å². The molecule has 0 atom stereocenters. The zero-order chi connectivity index (χ0) is 12.7. The van der Waals surface area contributed by atoms with Crippen LogP contribution in [0.15, 0.2) is 0 Å². The molecule has 0 aromatic carbocycles. The third-order valence-corrected chi connectivity index (χ3v) is 0. The summed E-state index contributed by atoms with van der Waals surface area (Å²) in [6.07, 6.45) is 0. The molecule has 0 bridgehead atoms. The molecule has 0 aliphatic carbocycles. The topological polar surface area (TPSA) is 78.1 Å². The molecule has 0 aromatic heterocycles. The highest BCUT2D eigenvalue weighted by Crippen LogP contribution is 1.58. The Morgan fingerprint density at radius 3 is 0.571 bits per heavy atom. The molecule has 4 heteroatoms. The number of nitrogens with two attached hydrogens (primary N) is 3. The Kier molecular flexibility index (Phi) is 39.2. The Morgan fingerprint density at radius 2 is 0.571 bits per heavy atom. The zero-order valence-electron chi connectivity index (χ0n) is 11.5. The van der Waals surface area contributed by atoms with E-state index < -0.39 is 0 Å². The zero-order valence-corrected chi connectivity index (χ0v) is 13.5. The van der Waals surface area contributed by atoms with Crippen LogP contribution in [0.5, 0.6) is 0 Å². The van der Waals surface area contributed by atoms with Gasteiger partial charge in [-0.3, -0.25) is 0 Å². The first kappa shape index (κ1) is 23.7. The Labute approximate surface area is 94.2 Å². The van der Waals surface area contributed by atoms with Crippen molar-refractivity contribution in [3.8, 4) is 0 Å². The van der Waals surface area contributed by atoms with Gasteiger partial charge >= 0.3 is 0 Å². The van der Waals surface area contributed by atoms with Gasteiger partial charge in [-0.05, 0) is 28.4 Å². The second-order valence-electron chi connectivity index (χ2n) is 3.73. The minimum Gasteiger partial charge on any atom is -0.328 e. The molecule has 92 valence electrons. The molecule has 0 aliphatic heterocycles. The van der Waals surface area contributed by atoms with E-state index in [1.165, 1.54) is 10.2 Å². The SMILES string of the molecule is CC(C)N.CC(C)N.CC(C)N.C[SiH3]. The summed E-state index contributed by atoms with van der Waals surface area (Å²) in [4.78, 5) is 0. The summed E-state index contributed by atoms with van der Waals surface area (Å²) in [5.41, 5.74) is 15.3. The van der Waals surface area contributed by atoms with E-state index in [1.54, 1.807) is 0 Å². The number of hydrogen-bond donors (Lipinski definition) is 3. The van der Waals surface area contributed by atoms with Crippen molar-refractivity contribution in [2.75, 3.05) is 0 Å². The van der Waals surface area contributed by atoms with E-state index in [0.29, 0.717) is 18.1 Å². The molecule has 0 heterocycles. The normalized spacial score (nSPS) is 8.36. The first-order valence-corrected chi connectivity index (χ1v) is 7.46. The van der Waals surface area contributed by atoms with Crippen LogP contribution in [0, 0.1) is 0 Å². The standard InChI is InChI=1S/3C3H9N.CH6Si/c3*1-3(2)4;1-2/h3*3H,4H2,1-2H3;1-2H3. The van der Waals surface area contributed by atoms with E-state index >= 15 is 0 Å². The van der Waals surface area contributed by atoms with Crippen molar-refractivity contribution >= 4 is 10.2 Å². The third kappa shape index (κ3) is 159000. The van der Waals surface area contributed by atoms with Crippen LogP contribution in [0.3, 0.4) is 0 Å². The summed E-state index contributed by atoms with van der Waals surface area (Å²) < 4.78 is 0. The van der Waals surface area contributed by atoms with Crippen molar-refractivity contribution < 1.29 is 0 Å². The first-order valence-electron chi connectivity index (χ1n) is 5.46. The lowest BCUT2D eigenvalue weighted by molar-refractivity contribution is 0.834. The van der Waals surface area contributed by atoms with Crippen molar-refractivity contribution in [3.05, 3.63) is 0 Å². The predicted molar refractivity (Wildman–Crippen MR) is 73.8 cm³/mol. The minimum atomic E-state index is 0.333. The smallest absolute Gasteiger partial charge is 0.000585 e. The van der Waals surface area contributed by atoms with Gasteiger partial charge in [-0.1, -0.05) is 48.1 Å². The molecule has 0 aromatic rings. The summed E-state index contributed by atoms with van der Waals surface area (Å²) in [6, 6.07) is 1.000. The quantitative estimate of drug-likeness (QED) is 0.522. The second kappa shape index (κ2) is 23.2. The fourth-order valence-electron chi connectivity index (χ4n) is 0. The van der Waals surface area contributed by atoms with Crippen LogP contribution in [0.25, 0.3) is 0 Å². The molecule has 0 unspecified atom stereocenters. The van der Waals surface area contributed by atoms with Crippen molar-refractivity contribution in [1.29, 1.82) is 0 Å². The van der Waals surface area contributed by atoms with Gasteiger partial charge in [0.1, 0.15) is 0 Å². The molecule has 0 saturated heterocycles. The van der Waals surface area contributed by atoms with Crippen LogP contribution in [-0.4, -0.2) is 28.4 Å². The molecule has 0 amide bonds. The van der Waals surface area contributed by atoms with Crippen LogP contribution < -0.4 is 17.2 Å². The number of hydrogen-bond acceptors (Lipinski definition) is 3. The molecule has 0 fully saturated rings. The van der Waals surface area contributed by atoms with Gasteiger partial charge < -0.3 is 17.2 Å². The average Bonchev–Trinajstić information content (AvgIpc) is 1.86. The molecule has 0 saturated carbocycles. The van der Waals surface area contributed by atoms with Gasteiger partial charge in [-0.25, -0.2) is 0 Å². The molecule has 14 heavy (non-hydrogen) atoms. The van der Waals surface area contributed by atoms with Gasteiger partial charge in [0.05, 0.1) is 0 Å². The molecule has 0 radical (unpaired) electrons. The van der Waals surface area contributed by atoms with Gasteiger partial charge in [0.2, 0.25) is 0 Å². The monoisotopic (exact) mass is 223 g/mol. The summed E-state index contributed by atoms with van der Waals surface area (Å²) in [5, 5.41) is 0. The minimum absolute atomic E-state index is 0.333. The predicted octanol–water partition coefficient (Wildman–Crippen LogP) is 0.460. The maximum absolute atomic E-state index is 5.11. The molecule has 6 N–H and O–H groups in total. The second-order valence-corrected chi connectivity index (χ2v) is 3.73. The number of rotatable bonds is 0. The lowest BCUT2D eigenvalue weighted by atomic mass is 10.4. The van der Waals surface area contributed by atoms with Crippen LogP contribution in [0.2, 0.25) is 6.55 Å². The van der Waals surface area contributed by atoms with E-state index in [2.05, 4.69) is 6.55 Å². The van der Waals surface area contributed by atoms with Crippen LogP contribution in [-0.2, 0) is 0 Å². The van der Waals surface area contributed by atoms with Crippen LogP contribution in [0.4, 0.5) is 0 Å². The van der Waals surface area contributed by atoms with Crippen molar-refractivity contribution in [2.45, 2.75) is 66.2 Å². The van der Waals surface area contributed by atoms with E-state index in [1.807, 2.05) is 41.5 Å². The maximum atomic E-state index is 5.11. The Bertz CT molecular complexity index is 43.9. The molecule has 0 aliphatic rings. The van der Waals surface area contributed by atoms with Gasteiger partial charge in [0, 0.05) is 0 Å². The van der Waals surface area contributed by atoms with Crippen molar-refractivity contribution in [1.82, 2.24) is 0 Å². The lowest BCUT2D eigenvalue weighted by Crippen LogP contribution is -2.07. The Morgan fingerprint density at radius 1 is 0.571 bits per heavy atom. The van der Waals surface area contributed by atoms with Gasteiger partial charge in [0.25, 0.3) is 0 Å². The molecule has 0 rings (SSSR count). The highest BCUT2D eigenvalue weighted by atomic mass is 28.1. The highest BCUT2D eigenvalue weighted by Gasteiger charge is 1.67. The van der Waals surface area contributed by atoms with Crippen LogP contribution >= 0.6 is 0 Å². The summed E-state index contributed by atoms with van der Waals surface area (Å²) >= 11 is 0. The highest BCUT2D eigenvalue weighted by molar-refractivity contribution is 6.05. The van der Waals surface area contributed by atoms with Gasteiger partial charge in [-0.15, -0.1) is 0 Å². The maximum Gasteiger partial charge on any atom is -0.000585 e. The van der Waals surface area contributed by atoms with E-state index in [4.69, 9.17) is 17.2 Å². The average molecular weight is 223 g/mol. The summed E-state index contributed by atoms with van der Waals surface area (Å²) in [7, 11) is 1.31. The molecule has 0 spiro atoms. The fraction of sp³-hybridized carbons (Fsp3) is 1.00. The van der Waals surface area contributed by atoms with Crippen molar-refractivity contribution in [3.63, 3.8) is 0 Å². The third-order valence-electron chi connectivity index (χ3n) is 0. The molecule has 3 nitrogen and oxygen atoms in total. The van der Waals surface area contributed by atoms with E-state index in [-0.39, 0.29) is 0 Å². The van der Waals surface area contributed by atoms with Crippen molar-refractivity contribution in [2.24, 2.45) is 17.2 Å². The van der Waals surface area contributed by atoms with Crippen LogP contribution in [0.1, 0.15) is 41.5 Å². The van der Waals surface area contributed by atoms with Gasteiger partial charge in [0.15, 0.2) is 0 Å². The largest absolute Gasteiger partial charge is 0.328 e. The lowest BCUT2D eigenvalue weighted by Gasteiger charge is -1.81. The molecular weight excluding hydrogens is 190 g/mol. The van der Waals surface area contributed by atoms with Gasteiger partial charge in [-0.2, -0.15) is 0 Å². The Balaban J connectivity index is -0.0000000492. The summed E-state index contributed by atoms with van der Waals surface area (Å²) in [6.45, 7) is 13.8. The summed E-state index contributed by atoms with van der Waals surface area (Å²) in [5.74, 6) is 0. The molecular formula is C10H33N3Si. The first-order chi connectivity index (χ1) is 6.20. The van der Waals surface area contributed by atoms with E-state index in [0.717, 1.165) is 0 Å². The fourth-order valence-corrected chi connectivity index (χ4v) is 0.